The number of hydrogen-bond donors (Lipinski definition) is 2. The molecule has 0 fully saturated rings. The third-order valence-electron chi connectivity index (χ3n) is 3.00. The predicted octanol–water partition coefficient (Wildman–Crippen LogP) is 2.37. The summed E-state index contributed by atoms with van der Waals surface area (Å²) in [4.78, 5) is 24.7. The van der Waals surface area contributed by atoms with Crippen LogP contribution in [0.2, 0.25) is 0 Å². The molecule has 6 heteroatoms. The van der Waals surface area contributed by atoms with E-state index in [4.69, 9.17) is 5.73 Å². The lowest BCUT2D eigenvalue weighted by atomic mass is 10.2. The van der Waals surface area contributed by atoms with Gasteiger partial charge in [-0.1, -0.05) is 18.2 Å². The van der Waals surface area contributed by atoms with Gasteiger partial charge in [0.25, 0.3) is 5.91 Å². The smallest absolute Gasteiger partial charge is 0.278 e. The number of anilines is 2. The molecule has 0 saturated carbocycles. The third-order valence-corrected chi connectivity index (χ3v) is 3.00. The van der Waals surface area contributed by atoms with Crippen molar-refractivity contribution < 1.29 is 4.79 Å². The first-order valence-corrected chi connectivity index (χ1v) is 6.63. The minimum absolute atomic E-state index is 0.0843. The third kappa shape index (κ3) is 2.90. The Kier molecular flexibility index (Phi) is 3.74. The Morgan fingerprint density at radius 1 is 1.05 bits per heavy atom. The Morgan fingerprint density at radius 3 is 2.59 bits per heavy atom. The van der Waals surface area contributed by atoms with Gasteiger partial charge < -0.3 is 11.1 Å². The van der Waals surface area contributed by atoms with Gasteiger partial charge >= 0.3 is 0 Å². The van der Waals surface area contributed by atoms with E-state index in [0.717, 1.165) is 5.56 Å². The van der Waals surface area contributed by atoms with Gasteiger partial charge in [-0.25, -0.2) is 9.97 Å². The Bertz CT molecular complexity index is 790. The standard InChI is InChI=1S/C16H13N5O/c17-15-14(16(22)20-12-6-2-1-3-7-12)21-13(10-19-15)11-5-4-8-18-9-11/h1-10H,(H2,17,19)(H,20,22). The van der Waals surface area contributed by atoms with Crippen molar-refractivity contribution in [2.75, 3.05) is 11.1 Å². The van der Waals surface area contributed by atoms with Crippen molar-refractivity contribution in [3.63, 3.8) is 0 Å². The van der Waals surface area contributed by atoms with E-state index in [1.54, 1.807) is 30.6 Å². The minimum Gasteiger partial charge on any atom is -0.382 e. The molecule has 22 heavy (non-hydrogen) atoms. The molecule has 3 rings (SSSR count). The van der Waals surface area contributed by atoms with Gasteiger partial charge in [-0.3, -0.25) is 9.78 Å². The molecule has 0 unspecified atom stereocenters. The molecule has 2 aromatic heterocycles. The van der Waals surface area contributed by atoms with Gasteiger partial charge in [0.05, 0.1) is 11.9 Å². The number of rotatable bonds is 3. The fourth-order valence-electron chi connectivity index (χ4n) is 1.93. The van der Waals surface area contributed by atoms with Crippen LogP contribution in [0.15, 0.2) is 61.1 Å². The van der Waals surface area contributed by atoms with E-state index >= 15 is 0 Å². The normalized spacial score (nSPS) is 10.2. The van der Waals surface area contributed by atoms with Gasteiger partial charge in [-0.2, -0.15) is 0 Å². The lowest BCUT2D eigenvalue weighted by Gasteiger charge is -2.08. The molecule has 2 heterocycles. The summed E-state index contributed by atoms with van der Waals surface area (Å²) in [5.74, 6) is -0.317. The number of benzene rings is 1. The van der Waals surface area contributed by atoms with Crippen LogP contribution in [-0.4, -0.2) is 20.9 Å². The van der Waals surface area contributed by atoms with Gasteiger partial charge in [0, 0.05) is 23.6 Å². The topological polar surface area (TPSA) is 93.8 Å². The monoisotopic (exact) mass is 291 g/mol. The molecular formula is C16H13N5O. The second kappa shape index (κ2) is 6.01. The van der Waals surface area contributed by atoms with E-state index in [9.17, 15) is 4.79 Å². The molecule has 108 valence electrons. The number of para-hydroxylation sites is 1. The van der Waals surface area contributed by atoms with Crippen molar-refractivity contribution in [2.24, 2.45) is 0 Å². The number of pyridine rings is 1. The number of carbonyl (C=O) groups is 1. The maximum Gasteiger partial charge on any atom is 0.278 e. The molecule has 0 radical (unpaired) electrons. The first kappa shape index (κ1) is 13.7. The fraction of sp³-hybridized carbons (Fsp3) is 0. The number of nitrogens with zero attached hydrogens (tertiary/aromatic N) is 3. The number of amides is 1. The molecule has 3 N–H and O–H groups in total. The summed E-state index contributed by atoms with van der Waals surface area (Å²) in [7, 11) is 0. The summed E-state index contributed by atoms with van der Waals surface area (Å²) in [5.41, 5.74) is 7.84. The Morgan fingerprint density at radius 2 is 1.86 bits per heavy atom. The highest BCUT2D eigenvalue weighted by molar-refractivity contribution is 6.05. The van der Waals surface area contributed by atoms with Crippen LogP contribution < -0.4 is 11.1 Å². The number of nitrogens with one attached hydrogen (secondary N) is 1. The van der Waals surface area contributed by atoms with Crippen molar-refractivity contribution in [3.8, 4) is 11.3 Å². The first-order valence-electron chi connectivity index (χ1n) is 6.63. The largest absolute Gasteiger partial charge is 0.382 e. The van der Waals surface area contributed by atoms with E-state index in [-0.39, 0.29) is 11.5 Å². The second-order valence-electron chi connectivity index (χ2n) is 4.55. The highest BCUT2D eigenvalue weighted by Crippen LogP contribution is 2.18. The predicted molar refractivity (Wildman–Crippen MR) is 84.1 cm³/mol. The van der Waals surface area contributed by atoms with Gasteiger partial charge in [-0.05, 0) is 24.3 Å². The summed E-state index contributed by atoms with van der Waals surface area (Å²) in [5, 5.41) is 2.74. The van der Waals surface area contributed by atoms with Crippen LogP contribution in [0.5, 0.6) is 0 Å². The van der Waals surface area contributed by atoms with Crippen LogP contribution in [0.25, 0.3) is 11.3 Å². The molecule has 1 amide bonds. The average Bonchev–Trinajstić information content (AvgIpc) is 2.57. The first-order chi connectivity index (χ1) is 10.7. The SMILES string of the molecule is Nc1ncc(-c2cccnc2)nc1C(=O)Nc1ccccc1. The van der Waals surface area contributed by atoms with Crippen molar-refractivity contribution in [2.45, 2.75) is 0 Å². The molecule has 1 aromatic carbocycles. The summed E-state index contributed by atoms with van der Waals surface area (Å²) in [6.07, 6.45) is 4.84. The fourth-order valence-corrected chi connectivity index (χ4v) is 1.93. The molecule has 0 aliphatic rings. The summed E-state index contributed by atoms with van der Waals surface area (Å²) < 4.78 is 0. The molecule has 0 aliphatic carbocycles. The van der Waals surface area contributed by atoms with E-state index < -0.39 is 5.91 Å². The summed E-state index contributed by atoms with van der Waals surface area (Å²) in [6.45, 7) is 0. The molecule has 0 atom stereocenters. The Hall–Kier alpha value is -3.28. The Labute approximate surface area is 127 Å². The van der Waals surface area contributed by atoms with E-state index in [1.165, 1.54) is 6.20 Å². The number of nitrogen functional groups attached to an aromatic ring is 1. The Balaban J connectivity index is 1.91. The zero-order valence-electron chi connectivity index (χ0n) is 11.6. The van der Waals surface area contributed by atoms with Crippen molar-refractivity contribution in [1.82, 2.24) is 15.0 Å². The molecule has 0 bridgehead atoms. The number of carbonyl (C=O) groups excluding carboxylic acids is 1. The van der Waals surface area contributed by atoms with Crippen molar-refractivity contribution >= 4 is 17.4 Å². The highest BCUT2D eigenvalue weighted by Gasteiger charge is 2.14. The quantitative estimate of drug-likeness (QED) is 0.772. The second-order valence-corrected chi connectivity index (χ2v) is 4.55. The molecule has 0 spiro atoms. The van der Waals surface area contributed by atoms with E-state index in [1.807, 2.05) is 24.3 Å². The molecule has 0 aliphatic heterocycles. The van der Waals surface area contributed by atoms with Crippen LogP contribution in [0.1, 0.15) is 10.5 Å². The van der Waals surface area contributed by atoms with Crippen LogP contribution in [0.4, 0.5) is 11.5 Å². The zero-order chi connectivity index (χ0) is 15.4. The minimum atomic E-state index is -0.401. The van der Waals surface area contributed by atoms with Crippen molar-refractivity contribution in [1.29, 1.82) is 0 Å². The lowest BCUT2D eigenvalue weighted by molar-refractivity contribution is 0.102. The van der Waals surface area contributed by atoms with Gasteiger partial charge in [0.2, 0.25) is 0 Å². The number of aromatic nitrogens is 3. The van der Waals surface area contributed by atoms with Gasteiger partial charge in [0.15, 0.2) is 11.5 Å². The molecular weight excluding hydrogens is 278 g/mol. The number of nitrogens with two attached hydrogens (primary N) is 1. The van der Waals surface area contributed by atoms with E-state index in [0.29, 0.717) is 11.4 Å². The molecule has 0 saturated heterocycles. The maximum atomic E-state index is 12.3. The van der Waals surface area contributed by atoms with Gasteiger partial charge in [0.1, 0.15) is 0 Å². The molecule has 3 aromatic rings. The van der Waals surface area contributed by atoms with Crippen LogP contribution >= 0.6 is 0 Å². The summed E-state index contributed by atoms with van der Waals surface area (Å²) in [6, 6.07) is 12.7. The molecule has 6 nitrogen and oxygen atoms in total. The highest BCUT2D eigenvalue weighted by atomic mass is 16.1. The van der Waals surface area contributed by atoms with Crippen LogP contribution in [0.3, 0.4) is 0 Å². The maximum absolute atomic E-state index is 12.3. The summed E-state index contributed by atoms with van der Waals surface area (Å²) >= 11 is 0. The van der Waals surface area contributed by atoms with Gasteiger partial charge in [-0.15, -0.1) is 0 Å². The lowest BCUT2D eigenvalue weighted by Crippen LogP contribution is -2.17. The van der Waals surface area contributed by atoms with E-state index in [2.05, 4.69) is 20.3 Å². The zero-order valence-corrected chi connectivity index (χ0v) is 11.6. The van der Waals surface area contributed by atoms with Crippen LogP contribution in [-0.2, 0) is 0 Å². The van der Waals surface area contributed by atoms with Crippen molar-refractivity contribution in [3.05, 3.63) is 66.7 Å². The van der Waals surface area contributed by atoms with Crippen LogP contribution in [0, 0.1) is 0 Å². The number of hydrogen-bond acceptors (Lipinski definition) is 5. The average molecular weight is 291 g/mol.